The van der Waals surface area contributed by atoms with Gasteiger partial charge in [-0.2, -0.15) is 5.26 Å². The molecule has 0 spiro atoms. The second kappa shape index (κ2) is 11.8. The lowest BCUT2D eigenvalue weighted by molar-refractivity contribution is 1.15. The first-order valence-electron chi connectivity index (χ1n) is 18.3. The van der Waals surface area contributed by atoms with E-state index in [2.05, 4.69) is 164 Å². The highest BCUT2D eigenvalue weighted by atomic mass is 15.0. The topological polar surface area (TPSA) is 42.9 Å². The molecule has 5 nitrogen and oxygen atoms in total. The zero-order valence-corrected chi connectivity index (χ0v) is 29.5. The molecule has 11 rings (SSSR count). The number of para-hydroxylation sites is 4. The van der Waals surface area contributed by atoms with Crippen molar-refractivity contribution in [2.75, 3.05) is 0 Å². The maximum absolute atomic E-state index is 9.74. The van der Waals surface area contributed by atoms with Gasteiger partial charge in [0.2, 0.25) is 0 Å². The average molecular weight is 700 g/mol. The first kappa shape index (κ1) is 30.7. The maximum Gasteiger partial charge on any atom is 0.196 e. The van der Waals surface area contributed by atoms with E-state index in [9.17, 15) is 5.26 Å². The van der Waals surface area contributed by atoms with Crippen molar-refractivity contribution in [3.8, 4) is 34.3 Å². The van der Waals surface area contributed by atoms with Crippen LogP contribution in [0, 0.1) is 17.9 Å². The Morgan fingerprint density at radius 3 is 1.45 bits per heavy atom. The molecule has 0 radical (unpaired) electrons. The van der Waals surface area contributed by atoms with Crippen molar-refractivity contribution < 1.29 is 0 Å². The van der Waals surface area contributed by atoms with Gasteiger partial charge in [-0.3, -0.25) is 0 Å². The summed E-state index contributed by atoms with van der Waals surface area (Å²) in [5.74, 6) is 0. The van der Waals surface area contributed by atoms with Crippen LogP contribution in [0.25, 0.3) is 98.5 Å². The Balaban J connectivity index is 1.14. The zero-order chi connectivity index (χ0) is 36.6. The van der Waals surface area contributed by atoms with E-state index in [1.807, 2.05) is 36.4 Å². The largest absolute Gasteiger partial charge is 0.310 e. The lowest BCUT2D eigenvalue weighted by atomic mass is 10.0. The third-order valence-electron chi connectivity index (χ3n) is 11.1. The highest BCUT2D eigenvalue weighted by Crippen LogP contribution is 2.42. The first-order chi connectivity index (χ1) is 27.2. The van der Waals surface area contributed by atoms with Gasteiger partial charge in [0.15, 0.2) is 5.69 Å². The SMILES string of the molecule is [C-]#[N+]c1cccc(-n2c3ccccc3c3ccc(-n4c5ccccc5c5ccccc54)cc32)c1-c1ccc(-n2c3ccccc3c3ccc(C#N)cc32)cc1. The van der Waals surface area contributed by atoms with Gasteiger partial charge in [-0.05, 0) is 72.3 Å². The molecule has 0 fully saturated rings. The molecule has 0 bridgehead atoms. The van der Waals surface area contributed by atoms with Gasteiger partial charge in [-0.1, -0.05) is 109 Å². The van der Waals surface area contributed by atoms with Crippen LogP contribution in [0.15, 0.2) is 176 Å². The summed E-state index contributed by atoms with van der Waals surface area (Å²) >= 11 is 0. The van der Waals surface area contributed by atoms with Crippen molar-refractivity contribution in [2.24, 2.45) is 0 Å². The second-order valence-electron chi connectivity index (χ2n) is 13.9. The highest BCUT2D eigenvalue weighted by Gasteiger charge is 2.20. The summed E-state index contributed by atoms with van der Waals surface area (Å²) in [6.07, 6.45) is 0. The highest BCUT2D eigenvalue weighted by molar-refractivity contribution is 6.13. The van der Waals surface area contributed by atoms with Crippen molar-refractivity contribution in [1.82, 2.24) is 13.7 Å². The molecule has 3 aromatic heterocycles. The molecule has 0 aliphatic carbocycles. The molecule has 0 aliphatic heterocycles. The molecule has 0 amide bonds. The number of hydrogen-bond acceptors (Lipinski definition) is 1. The van der Waals surface area contributed by atoms with Crippen molar-refractivity contribution in [2.45, 2.75) is 0 Å². The molecule has 0 saturated heterocycles. The normalized spacial score (nSPS) is 11.6. The van der Waals surface area contributed by atoms with E-state index in [4.69, 9.17) is 6.57 Å². The van der Waals surface area contributed by atoms with Crippen molar-refractivity contribution in [1.29, 1.82) is 5.26 Å². The Morgan fingerprint density at radius 1 is 0.418 bits per heavy atom. The Bertz CT molecular complexity index is 3400. The fourth-order valence-corrected chi connectivity index (χ4v) is 8.76. The maximum atomic E-state index is 9.74. The van der Waals surface area contributed by atoms with Crippen molar-refractivity contribution in [3.05, 3.63) is 193 Å². The predicted molar refractivity (Wildman–Crippen MR) is 226 cm³/mol. The van der Waals surface area contributed by atoms with Gasteiger partial charge in [0, 0.05) is 54.9 Å². The van der Waals surface area contributed by atoms with Crippen LogP contribution in [0.2, 0.25) is 0 Å². The molecule has 55 heavy (non-hydrogen) atoms. The van der Waals surface area contributed by atoms with Crippen LogP contribution in [-0.2, 0) is 0 Å². The summed E-state index contributed by atoms with van der Waals surface area (Å²) in [6, 6.07) is 63.5. The third kappa shape index (κ3) is 4.45. The number of aromatic nitrogens is 3. The van der Waals surface area contributed by atoms with Gasteiger partial charge in [-0.15, -0.1) is 0 Å². The van der Waals surface area contributed by atoms with Gasteiger partial charge >= 0.3 is 0 Å². The smallest absolute Gasteiger partial charge is 0.196 e. The Labute approximate surface area is 316 Å². The molecule has 8 aromatic carbocycles. The minimum Gasteiger partial charge on any atom is -0.310 e. The van der Waals surface area contributed by atoms with E-state index in [1.165, 1.54) is 10.8 Å². The van der Waals surface area contributed by atoms with Crippen LogP contribution in [0.5, 0.6) is 0 Å². The van der Waals surface area contributed by atoms with Gasteiger partial charge in [0.1, 0.15) is 0 Å². The van der Waals surface area contributed by atoms with Crippen molar-refractivity contribution >= 4 is 71.1 Å². The van der Waals surface area contributed by atoms with Crippen LogP contribution >= 0.6 is 0 Å². The van der Waals surface area contributed by atoms with E-state index >= 15 is 0 Å². The van der Waals surface area contributed by atoms with Crippen LogP contribution in [0.3, 0.4) is 0 Å². The summed E-state index contributed by atoms with van der Waals surface area (Å²) in [5, 5.41) is 16.7. The molecule has 0 unspecified atom stereocenters. The standard InChI is InChI=1S/C50H29N5/c1-52-42-15-10-20-47(50(42)33-22-24-34(25-23-33)53-43-16-6-4-13-38(43)40-27-21-32(31-51)29-48(40)53)55-46-19-9-5-14-39(46)41-28-26-35(30-49(41)55)54-44-17-7-2-11-36(44)37-12-3-8-18-45(37)54/h2-30H. The summed E-state index contributed by atoms with van der Waals surface area (Å²) in [5.41, 5.74) is 12.6. The summed E-state index contributed by atoms with van der Waals surface area (Å²) in [7, 11) is 0. The molecule has 0 aliphatic rings. The fraction of sp³-hybridized carbons (Fsp3) is 0. The molecule has 3 heterocycles. The van der Waals surface area contributed by atoms with Gasteiger partial charge in [0.25, 0.3) is 0 Å². The van der Waals surface area contributed by atoms with Crippen LogP contribution < -0.4 is 0 Å². The zero-order valence-electron chi connectivity index (χ0n) is 29.5. The number of hydrogen-bond donors (Lipinski definition) is 0. The van der Waals surface area contributed by atoms with Gasteiger partial charge in [-0.25, -0.2) is 4.85 Å². The fourth-order valence-electron chi connectivity index (χ4n) is 8.76. The number of nitriles is 1. The monoisotopic (exact) mass is 699 g/mol. The van der Waals surface area contributed by atoms with E-state index in [1.54, 1.807) is 0 Å². The Hall–Kier alpha value is -7.86. The molecule has 254 valence electrons. The second-order valence-corrected chi connectivity index (χ2v) is 13.9. The van der Waals surface area contributed by atoms with E-state index in [0.29, 0.717) is 11.3 Å². The summed E-state index contributed by atoms with van der Waals surface area (Å²) in [6.45, 7) is 8.32. The van der Waals surface area contributed by atoms with E-state index < -0.39 is 0 Å². The minimum atomic E-state index is 0.588. The van der Waals surface area contributed by atoms with Gasteiger partial charge < -0.3 is 13.7 Å². The molecule has 0 N–H and O–H groups in total. The molecule has 0 atom stereocenters. The van der Waals surface area contributed by atoms with Crippen LogP contribution in [0.1, 0.15) is 5.56 Å². The van der Waals surface area contributed by atoms with Crippen LogP contribution in [-0.4, -0.2) is 13.7 Å². The minimum absolute atomic E-state index is 0.588. The molecular formula is C50H29N5. The predicted octanol–water partition coefficient (Wildman–Crippen LogP) is 13.1. The van der Waals surface area contributed by atoms with Crippen LogP contribution in [0.4, 0.5) is 5.69 Å². The number of benzene rings is 8. The average Bonchev–Trinajstić information content (AvgIpc) is 3.88. The Kier molecular flexibility index (Phi) is 6.61. The summed E-state index contributed by atoms with van der Waals surface area (Å²) < 4.78 is 6.91. The van der Waals surface area contributed by atoms with E-state index in [0.717, 1.165) is 82.8 Å². The summed E-state index contributed by atoms with van der Waals surface area (Å²) in [4.78, 5) is 4.07. The third-order valence-corrected chi connectivity index (χ3v) is 11.1. The molecule has 0 saturated carbocycles. The van der Waals surface area contributed by atoms with Crippen molar-refractivity contribution in [3.63, 3.8) is 0 Å². The lowest BCUT2D eigenvalue weighted by Gasteiger charge is -2.17. The van der Waals surface area contributed by atoms with Gasteiger partial charge in [0.05, 0.1) is 51.3 Å². The molecular weight excluding hydrogens is 671 g/mol. The number of nitrogens with zero attached hydrogens (tertiary/aromatic N) is 5. The number of rotatable bonds is 4. The molecule has 5 heteroatoms. The molecule has 11 aromatic rings. The lowest BCUT2D eigenvalue weighted by Crippen LogP contribution is -1.99. The number of fused-ring (bicyclic) bond motifs is 9. The van der Waals surface area contributed by atoms with E-state index in [-0.39, 0.29) is 0 Å². The quantitative estimate of drug-likeness (QED) is 0.169. The first-order valence-corrected chi connectivity index (χ1v) is 18.3. The Morgan fingerprint density at radius 2 is 0.891 bits per heavy atom.